The highest BCUT2D eigenvalue weighted by molar-refractivity contribution is 7.99. The van der Waals surface area contributed by atoms with Crippen LogP contribution in [-0.2, 0) is 11.2 Å². The molecule has 1 aliphatic heterocycles. The standard InChI is InChI=1S/C16H14ClN3O2S/c17-12-3-1-11(2-4-12)15-19-13(8-22-15)7-14(21)20-16(9-18)5-6-23-10-16/h1-4,8H,5-7,10H2,(H,20,21). The lowest BCUT2D eigenvalue weighted by Crippen LogP contribution is -2.48. The van der Waals surface area contributed by atoms with Crippen LogP contribution < -0.4 is 5.32 Å². The van der Waals surface area contributed by atoms with Gasteiger partial charge in [0.05, 0.1) is 18.2 Å². The second-order valence-electron chi connectivity index (χ2n) is 5.37. The maximum atomic E-state index is 12.2. The van der Waals surface area contributed by atoms with Gasteiger partial charge in [-0.1, -0.05) is 11.6 Å². The molecule has 5 nitrogen and oxygen atoms in total. The van der Waals surface area contributed by atoms with Crippen molar-refractivity contribution in [3.05, 3.63) is 41.2 Å². The number of carbonyl (C=O) groups excluding carboxylic acids is 1. The van der Waals surface area contributed by atoms with Gasteiger partial charge in [0.1, 0.15) is 11.8 Å². The lowest BCUT2D eigenvalue weighted by molar-refractivity contribution is -0.121. The van der Waals surface area contributed by atoms with Crippen molar-refractivity contribution in [3.63, 3.8) is 0 Å². The Bertz CT molecular complexity index is 745. The van der Waals surface area contributed by atoms with Crippen LogP contribution in [0.4, 0.5) is 0 Å². The molecule has 1 aliphatic rings. The van der Waals surface area contributed by atoms with Crippen molar-refractivity contribution in [3.8, 4) is 17.5 Å². The van der Waals surface area contributed by atoms with Crippen LogP contribution in [0.15, 0.2) is 34.9 Å². The zero-order valence-electron chi connectivity index (χ0n) is 12.2. The van der Waals surface area contributed by atoms with Crippen molar-refractivity contribution in [1.29, 1.82) is 5.26 Å². The number of nitriles is 1. The molecule has 1 amide bonds. The van der Waals surface area contributed by atoms with Crippen LogP contribution in [-0.4, -0.2) is 27.9 Å². The summed E-state index contributed by atoms with van der Waals surface area (Å²) in [6.45, 7) is 0. The van der Waals surface area contributed by atoms with E-state index in [1.54, 1.807) is 36.0 Å². The number of rotatable bonds is 4. The van der Waals surface area contributed by atoms with Gasteiger partial charge in [-0.3, -0.25) is 4.79 Å². The van der Waals surface area contributed by atoms with Gasteiger partial charge in [-0.25, -0.2) is 4.98 Å². The Morgan fingerprint density at radius 2 is 2.26 bits per heavy atom. The fourth-order valence-corrected chi connectivity index (χ4v) is 3.76. The van der Waals surface area contributed by atoms with Crippen LogP contribution in [0.3, 0.4) is 0 Å². The van der Waals surface area contributed by atoms with E-state index in [-0.39, 0.29) is 12.3 Å². The fraction of sp³-hybridized carbons (Fsp3) is 0.312. The van der Waals surface area contributed by atoms with E-state index in [9.17, 15) is 10.1 Å². The van der Waals surface area contributed by atoms with Crippen LogP contribution in [0.5, 0.6) is 0 Å². The van der Waals surface area contributed by atoms with Crippen LogP contribution in [0.25, 0.3) is 11.5 Å². The van der Waals surface area contributed by atoms with Crippen molar-refractivity contribution in [2.45, 2.75) is 18.4 Å². The van der Waals surface area contributed by atoms with Gasteiger partial charge in [0, 0.05) is 16.3 Å². The number of aromatic nitrogens is 1. The fourth-order valence-electron chi connectivity index (χ4n) is 2.37. The number of nitrogens with zero attached hydrogens (tertiary/aromatic N) is 2. The molecule has 0 spiro atoms. The van der Waals surface area contributed by atoms with Crippen molar-refractivity contribution >= 4 is 29.3 Å². The van der Waals surface area contributed by atoms with Crippen molar-refractivity contribution < 1.29 is 9.21 Å². The Labute approximate surface area is 143 Å². The van der Waals surface area contributed by atoms with Gasteiger partial charge >= 0.3 is 0 Å². The third-order valence-corrected chi connectivity index (χ3v) is 5.04. The average Bonchev–Trinajstić information content (AvgIpc) is 3.18. The number of thioether (sulfide) groups is 1. The van der Waals surface area contributed by atoms with Crippen LogP contribution in [0.1, 0.15) is 12.1 Å². The minimum absolute atomic E-state index is 0.0885. The van der Waals surface area contributed by atoms with Gasteiger partial charge in [0.2, 0.25) is 11.8 Å². The molecule has 0 bridgehead atoms. The number of nitrogens with one attached hydrogen (secondary N) is 1. The van der Waals surface area contributed by atoms with Crippen LogP contribution in [0, 0.1) is 11.3 Å². The molecular weight excluding hydrogens is 334 g/mol. The third-order valence-electron chi connectivity index (χ3n) is 3.60. The second kappa shape index (κ2) is 6.65. The van der Waals surface area contributed by atoms with Gasteiger partial charge in [0.25, 0.3) is 0 Å². The highest BCUT2D eigenvalue weighted by Crippen LogP contribution is 2.27. The summed E-state index contributed by atoms with van der Waals surface area (Å²) in [7, 11) is 0. The lowest BCUT2D eigenvalue weighted by atomic mass is 10.0. The predicted molar refractivity (Wildman–Crippen MR) is 89.1 cm³/mol. The molecule has 1 fully saturated rings. The normalized spacial score (nSPS) is 20.2. The monoisotopic (exact) mass is 347 g/mol. The number of amides is 1. The molecule has 1 aromatic heterocycles. The summed E-state index contributed by atoms with van der Waals surface area (Å²) < 4.78 is 5.41. The largest absolute Gasteiger partial charge is 0.444 e. The molecule has 118 valence electrons. The molecule has 1 N–H and O–H groups in total. The molecule has 1 saturated heterocycles. The Balaban J connectivity index is 1.66. The van der Waals surface area contributed by atoms with E-state index in [1.807, 2.05) is 0 Å². The van der Waals surface area contributed by atoms with E-state index in [1.165, 1.54) is 6.26 Å². The molecule has 0 aliphatic carbocycles. The summed E-state index contributed by atoms with van der Waals surface area (Å²) in [6, 6.07) is 9.33. The van der Waals surface area contributed by atoms with E-state index in [0.29, 0.717) is 28.8 Å². The van der Waals surface area contributed by atoms with Crippen LogP contribution in [0.2, 0.25) is 5.02 Å². The molecule has 3 rings (SSSR count). The summed E-state index contributed by atoms with van der Waals surface area (Å²) in [5, 5.41) is 12.7. The summed E-state index contributed by atoms with van der Waals surface area (Å²) in [4.78, 5) is 16.5. The number of carbonyl (C=O) groups is 1. The minimum atomic E-state index is -0.746. The quantitative estimate of drug-likeness (QED) is 0.919. The average molecular weight is 348 g/mol. The first kappa shape index (κ1) is 15.9. The molecular formula is C16H14ClN3O2S. The topological polar surface area (TPSA) is 78.9 Å². The summed E-state index contributed by atoms with van der Waals surface area (Å²) in [5.41, 5.74) is 0.581. The van der Waals surface area contributed by atoms with Gasteiger partial charge in [0.15, 0.2) is 0 Å². The van der Waals surface area contributed by atoms with Crippen molar-refractivity contribution in [2.24, 2.45) is 0 Å². The van der Waals surface area contributed by atoms with Crippen molar-refractivity contribution in [1.82, 2.24) is 10.3 Å². The number of hydrogen-bond acceptors (Lipinski definition) is 5. The molecule has 2 aromatic rings. The lowest BCUT2D eigenvalue weighted by Gasteiger charge is -2.20. The van der Waals surface area contributed by atoms with Gasteiger partial charge in [-0.2, -0.15) is 17.0 Å². The number of hydrogen-bond donors (Lipinski definition) is 1. The first-order chi connectivity index (χ1) is 11.1. The highest BCUT2D eigenvalue weighted by atomic mass is 35.5. The Hall–Kier alpha value is -1.97. The second-order valence-corrected chi connectivity index (χ2v) is 6.91. The zero-order valence-corrected chi connectivity index (χ0v) is 13.8. The Morgan fingerprint density at radius 1 is 1.48 bits per heavy atom. The highest BCUT2D eigenvalue weighted by Gasteiger charge is 2.36. The van der Waals surface area contributed by atoms with Crippen molar-refractivity contribution in [2.75, 3.05) is 11.5 Å². The molecule has 1 aromatic carbocycles. The molecule has 1 atom stereocenters. The minimum Gasteiger partial charge on any atom is -0.444 e. The summed E-state index contributed by atoms with van der Waals surface area (Å²) >= 11 is 7.52. The molecule has 0 radical (unpaired) electrons. The predicted octanol–water partition coefficient (Wildman–Crippen LogP) is 3.05. The summed E-state index contributed by atoms with van der Waals surface area (Å²) in [5.74, 6) is 1.74. The third kappa shape index (κ3) is 3.69. The first-order valence-corrected chi connectivity index (χ1v) is 8.64. The van der Waals surface area contributed by atoms with E-state index in [4.69, 9.17) is 16.0 Å². The van der Waals surface area contributed by atoms with E-state index < -0.39 is 5.54 Å². The Kier molecular flexibility index (Phi) is 4.60. The molecule has 7 heteroatoms. The number of oxazole rings is 1. The molecule has 0 saturated carbocycles. The zero-order chi connectivity index (χ0) is 16.3. The van der Waals surface area contributed by atoms with Gasteiger partial charge in [-0.05, 0) is 36.4 Å². The number of benzene rings is 1. The molecule has 1 unspecified atom stereocenters. The Morgan fingerprint density at radius 3 is 2.91 bits per heavy atom. The van der Waals surface area contributed by atoms with Crippen LogP contribution >= 0.6 is 23.4 Å². The maximum Gasteiger partial charge on any atom is 0.227 e. The van der Waals surface area contributed by atoms with E-state index in [2.05, 4.69) is 16.4 Å². The first-order valence-electron chi connectivity index (χ1n) is 7.11. The van der Waals surface area contributed by atoms with Gasteiger partial charge < -0.3 is 9.73 Å². The van der Waals surface area contributed by atoms with Gasteiger partial charge in [-0.15, -0.1) is 0 Å². The summed E-state index contributed by atoms with van der Waals surface area (Å²) in [6.07, 6.45) is 2.23. The SMILES string of the molecule is N#CC1(NC(=O)Cc2coc(-c3ccc(Cl)cc3)n2)CCSC1. The molecule has 2 heterocycles. The van der Waals surface area contributed by atoms with E-state index in [0.717, 1.165) is 11.3 Å². The maximum absolute atomic E-state index is 12.2. The smallest absolute Gasteiger partial charge is 0.227 e. The van der Waals surface area contributed by atoms with E-state index >= 15 is 0 Å². The number of halogens is 1. The molecule has 23 heavy (non-hydrogen) atoms.